The van der Waals surface area contributed by atoms with Crippen molar-refractivity contribution in [3.05, 3.63) is 84.7 Å². The summed E-state index contributed by atoms with van der Waals surface area (Å²) in [5.74, 6) is -0.157. The molecule has 2 atom stereocenters. The quantitative estimate of drug-likeness (QED) is 0.470. The molecule has 0 aliphatic rings. The molecule has 29 heavy (non-hydrogen) atoms. The van der Waals surface area contributed by atoms with Crippen LogP contribution in [-0.4, -0.2) is 26.6 Å². The number of carbonyl (C=O) groups excluding carboxylic acids is 1. The summed E-state index contributed by atoms with van der Waals surface area (Å²) in [6.07, 6.45) is 6.39. The number of pyridine rings is 1. The highest BCUT2D eigenvalue weighted by molar-refractivity contribution is 7.84. The standard InChI is InChI=1S/C16H18N2O2.C7H8OS/c1-12(10-16(19)18-20)9-13-4-6-14(7-5-13)15-3-2-8-17-11-15;1-9(8)7-5-3-2-4-6-7/h2-8,11-12,20H,9-10H2,1H3,(H,18,19);2-6H,1H3. The molecule has 2 N–H and O–H groups in total. The van der Waals surface area contributed by atoms with Crippen LogP contribution in [0.2, 0.25) is 0 Å². The fraction of sp³-hybridized carbons (Fsp3) is 0.217. The second-order valence-electron chi connectivity index (χ2n) is 6.75. The van der Waals surface area contributed by atoms with Gasteiger partial charge in [0.15, 0.2) is 0 Å². The Balaban J connectivity index is 0.000000278. The van der Waals surface area contributed by atoms with Crippen LogP contribution in [0.25, 0.3) is 11.1 Å². The molecule has 1 aromatic heterocycles. The first-order chi connectivity index (χ1) is 14.0. The number of hydrogen-bond donors (Lipinski definition) is 2. The van der Waals surface area contributed by atoms with Crippen molar-refractivity contribution in [2.75, 3.05) is 6.26 Å². The lowest BCUT2D eigenvalue weighted by molar-refractivity contribution is -0.130. The summed E-state index contributed by atoms with van der Waals surface area (Å²) in [6.45, 7) is 1.99. The van der Waals surface area contributed by atoms with Crippen molar-refractivity contribution in [1.29, 1.82) is 0 Å². The van der Waals surface area contributed by atoms with E-state index in [2.05, 4.69) is 29.2 Å². The van der Waals surface area contributed by atoms with E-state index in [1.807, 2.05) is 55.6 Å². The van der Waals surface area contributed by atoms with Crippen LogP contribution in [0, 0.1) is 5.92 Å². The number of hydroxylamine groups is 1. The van der Waals surface area contributed by atoms with Crippen molar-refractivity contribution in [2.45, 2.75) is 24.7 Å². The molecule has 3 rings (SSSR count). The van der Waals surface area contributed by atoms with Gasteiger partial charge in [0.05, 0.1) is 0 Å². The SMILES string of the molecule is CC(CC(=O)NO)Cc1ccc(-c2cccnc2)cc1.CS(=O)c1ccccc1. The summed E-state index contributed by atoms with van der Waals surface area (Å²) in [4.78, 5) is 16.1. The maximum absolute atomic E-state index is 11.1. The minimum absolute atomic E-state index is 0.186. The zero-order chi connectivity index (χ0) is 21.1. The molecule has 3 aromatic rings. The molecule has 0 radical (unpaired) electrons. The lowest BCUT2D eigenvalue weighted by Crippen LogP contribution is -2.21. The molecular formula is C23H26N2O3S. The van der Waals surface area contributed by atoms with Crippen LogP contribution >= 0.6 is 0 Å². The maximum Gasteiger partial charge on any atom is 0.243 e. The maximum atomic E-state index is 11.1. The first-order valence-electron chi connectivity index (χ1n) is 9.30. The van der Waals surface area contributed by atoms with Gasteiger partial charge in [-0.15, -0.1) is 0 Å². The Labute approximate surface area is 174 Å². The third kappa shape index (κ3) is 7.97. The fourth-order valence-electron chi connectivity index (χ4n) is 2.82. The summed E-state index contributed by atoms with van der Waals surface area (Å²) in [5, 5.41) is 8.51. The van der Waals surface area contributed by atoms with Crippen LogP contribution in [0.1, 0.15) is 18.9 Å². The summed E-state index contributed by atoms with van der Waals surface area (Å²) < 4.78 is 10.8. The smallest absolute Gasteiger partial charge is 0.243 e. The van der Waals surface area contributed by atoms with Crippen LogP contribution in [0.4, 0.5) is 0 Å². The van der Waals surface area contributed by atoms with E-state index in [1.54, 1.807) is 17.9 Å². The molecular weight excluding hydrogens is 384 g/mol. The number of rotatable bonds is 6. The van der Waals surface area contributed by atoms with Gasteiger partial charge in [-0.25, -0.2) is 5.48 Å². The van der Waals surface area contributed by atoms with Crippen molar-refractivity contribution < 1.29 is 14.2 Å². The number of benzene rings is 2. The highest BCUT2D eigenvalue weighted by Crippen LogP contribution is 2.20. The predicted octanol–water partition coefficient (Wildman–Crippen LogP) is 4.25. The van der Waals surface area contributed by atoms with E-state index in [4.69, 9.17) is 5.21 Å². The summed E-state index contributed by atoms with van der Waals surface area (Å²) in [5.41, 5.74) is 5.06. The molecule has 2 unspecified atom stereocenters. The second-order valence-corrected chi connectivity index (χ2v) is 8.13. The molecule has 0 aliphatic heterocycles. The van der Waals surface area contributed by atoms with Gasteiger partial charge in [-0.05, 0) is 47.2 Å². The Kier molecular flexibility index (Phi) is 9.21. The number of nitrogens with one attached hydrogen (secondary N) is 1. The number of carbonyl (C=O) groups is 1. The number of hydrogen-bond acceptors (Lipinski definition) is 4. The summed E-state index contributed by atoms with van der Waals surface area (Å²) in [7, 11) is -0.829. The minimum Gasteiger partial charge on any atom is -0.289 e. The normalized spacial score (nSPS) is 12.2. The Morgan fingerprint density at radius 3 is 2.24 bits per heavy atom. The van der Waals surface area contributed by atoms with Gasteiger partial charge in [0.1, 0.15) is 0 Å². The van der Waals surface area contributed by atoms with Crippen LogP contribution in [0.15, 0.2) is 84.0 Å². The van der Waals surface area contributed by atoms with Gasteiger partial charge in [-0.3, -0.25) is 19.2 Å². The van der Waals surface area contributed by atoms with Crippen molar-refractivity contribution in [2.24, 2.45) is 5.92 Å². The van der Waals surface area contributed by atoms with Crippen LogP contribution in [0.3, 0.4) is 0 Å². The van der Waals surface area contributed by atoms with E-state index < -0.39 is 10.8 Å². The van der Waals surface area contributed by atoms with Gasteiger partial charge in [-0.1, -0.05) is 55.5 Å². The largest absolute Gasteiger partial charge is 0.289 e. The van der Waals surface area contributed by atoms with Crippen LogP contribution in [0.5, 0.6) is 0 Å². The first kappa shape index (κ1) is 22.5. The molecule has 0 spiro atoms. The predicted molar refractivity (Wildman–Crippen MR) is 116 cm³/mol. The molecule has 0 saturated carbocycles. The third-order valence-electron chi connectivity index (χ3n) is 4.27. The Morgan fingerprint density at radius 2 is 1.72 bits per heavy atom. The molecule has 1 heterocycles. The average Bonchev–Trinajstić information content (AvgIpc) is 2.76. The van der Waals surface area contributed by atoms with E-state index in [1.165, 1.54) is 5.56 Å². The zero-order valence-electron chi connectivity index (χ0n) is 16.6. The molecule has 0 bridgehead atoms. The summed E-state index contributed by atoms with van der Waals surface area (Å²) in [6, 6.07) is 21.6. The number of amides is 1. The molecule has 5 nitrogen and oxygen atoms in total. The molecule has 6 heteroatoms. The topological polar surface area (TPSA) is 79.3 Å². The first-order valence-corrected chi connectivity index (χ1v) is 10.9. The number of nitrogens with zero attached hydrogens (tertiary/aromatic N) is 1. The number of aromatic nitrogens is 1. The molecule has 2 aromatic carbocycles. The van der Waals surface area contributed by atoms with Gasteiger partial charge >= 0.3 is 0 Å². The summed E-state index contributed by atoms with van der Waals surface area (Å²) >= 11 is 0. The fourth-order valence-corrected chi connectivity index (χ4v) is 3.36. The molecule has 1 amide bonds. The van der Waals surface area contributed by atoms with Crippen molar-refractivity contribution in [3.63, 3.8) is 0 Å². The molecule has 0 aliphatic carbocycles. The molecule has 0 saturated heterocycles. The Morgan fingerprint density at radius 1 is 1.03 bits per heavy atom. The average molecular weight is 411 g/mol. The lowest BCUT2D eigenvalue weighted by atomic mass is 9.96. The van der Waals surface area contributed by atoms with Crippen molar-refractivity contribution >= 4 is 16.7 Å². The van der Waals surface area contributed by atoms with Gasteiger partial charge in [0.2, 0.25) is 5.91 Å². The van der Waals surface area contributed by atoms with Gasteiger partial charge in [-0.2, -0.15) is 0 Å². The van der Waals surface area contributed by atoms with Gasteiger partial charge < -0.3 is 0 Å². The van der Waals surface area contributed by atoms with E-state index in [0.29, 0.717) is 6.42 Å². The van der Waals surface area contributed by atoms with Gasteiger partial charge in [0, 0.05) is 40.8 Å². The third-order valence-corrected chi connectivity index (χ3v) is 5.20. The zero-order valence-corrected chi connectivity index (χ0v) is 17.4. The Bertz CT molecular complexity index is 900. The van der Waals surface area contributed by atoms with Gasteiger partial charge in [0.25, 0.3) is 0 Å². The van der Waals surface area contributed by atoms with E-state index in [0.717, 1.165) is 22.4 Å². The second kappa shape index (κ2) is 11.9. The molecule has 152 valence electrons. The van der Waals surface area contributed by atoms with Crippen molar-refractivity contribution in [3.8, 4) is 11.1 Å². The minimum atomic E-state index is -0.829. The van der Waals surface area contributed by atoms with E-state index in [-0.39, 0.29) is 11.8 Å². The molecule has 0 fully saturated rings. The lowest BCUT2D eigenvalue weighted by Gasteiger charge is -2.10. The van der Waals surface area contributed by atoms with Crippen LogP contribution in [-0.2, 0) is 22.0 Å². The van der Waals surface area contributed by atoms with Crippen molar-refractivity contribution in [1.82, 2.24) is 10.5 Å². The Hall–Kier alpha value is -2.83. The van der Waals surface area contributed by atoms with Crippen LogP contribution < -0.4 is 5.48 Å². The van der Waals surface area contributed by atoms with E-state index in [9.17, 15) is 9.00 Å². The highest BCUT2D eigenvalue weighted by Gasteiger charge is 2.09. The monoisotopic (exact) mass is 410 g/mol. The van der Waals surface area contributed by atoms with E-state index >= 15 is 0 Å². The highest BCUT2D eigenvalue weighted by atomic mass is 32.2.